The molecule has 0 heterocycles. The van der Waals surface area contributed by atoms with E-state index in [-0.39, 0.29) is 18.0 Å². The Morgan fingerprint density at radius 3 is 2.50 bits per heavy atom. The molecule has 6 heteroatoms. The molecular formula is C16H18FNO3S. The maximum absolute atomic E-state index is 13.0. The van der Waals surface area contributed by atoms with Gasteiger partial charge >= 0.3 is 0 Å². The van der Waals surface area contributed by atoms with E-state index in [1.165, 1.54) is 12.1 Å². The molecule has 0 saturated heterocycles. The Kier molecular flexibility index (Phi) is 5.15. The first kappa shape index (κ1) is 16.5. The molecule has 0 aliphatic carbocycles. The zero-order valence-corrected chi connectivity index (χ0v) is 13.3. The Balaban J connectivity index is 1.94. The zero-order valence-electron chi connectivity index (χ0n) is 12.5. The average Bonchev–Trinajstić information content (AvgIpc) is 2.45. The summed E-state index contributed by atoms with van der Waals surface area (Å²) in [6.45, 7) is 3.82. The van der Waals surface area contributed by atoms with Crippen molar-refractivity contribution < 1.29 is 17.5 Å². The lowest BCUT2D eigenvalue weighted by molar-refractivity contribution is 0.320. The third-order valence-corrected chi connectivity index (χ3v) is 4.79. The highest BCUT2D eigenvalue weighted by atomic mass is 32.2. The summed E-state index contributed by atoms with van der Waals surface area (Å²) >= 11 is 0. The number of aryl methyl sites for hydroxylation is 2. The second-order valence-electron chi connectivity index (χ2n) is 4.92. The molecule has 0 spiro atoms. The van der Waals surface area contributed by atoms with Crippen LogP contribution in [0, 0.1) is 19.7 Å². The first-order valence-electron chi connectivity index (χ1n) is 6.84. The van der Waals surface area contributed by atoms with E-state index in [1.54, 1.807) is 6.92 Å². The Labute approximate surface area is 130 Å². The highest BCUT2D eigenvalue weighted by Gasteiger charge is 2.16. The monoisotopic (exact) mass is 323 g/mol. The van der Waals surface area contributed by atoms with E-state index in [2.05, 4.69) is 4.72 Å². The summed E-state index contributed by atoms with van der Waals surface area (Å²) in [5.41, 5.74) is 1.35. The molecule has 0 aliphatic rings. The summed E-state index contributed by atoms with van der Waals surface area (Å²) in [6, 6.07) is 11.1. The van der Waals surface area contributed by atoms with E-state index in [0.717, 1.165) is 17.4 Å². The molecule has 0 aromatic heterocycles. The summed E-state index contributed by atoms with van der Waals surface area (Å²) in [5, 5.41) is 0. The minimum absolute atomic E-state index is 0.0739. The molecule has 0 amide bonds. The van der Waals surface area contributed by atoms with Crippen molar-refractivity contribution in [3.63, 3.8) is 0 Å². The second kappa shape index (κ2) is 6.89. The van der Waals surface area contributed by atoms with Gasteiger partial charge in [0.2, 0.25) is 10.0 Å². The Bertz CT molecular complexity index is 760. The van der Waals surface area contributed by atoms with Gasteiger partial charge in [0.05, 0.1) is 4.90 Å². The van der Waals surface area contributed by atoms with Gasteiger partial charge in [0.15, 0.2) is 0 Å². The fourth-order valence-corrected chi connectivity index (χ4v) is 3.29. The van der Waals surface area contributed by atoms with Gasteiger partial charge in [-0.2, -0.15) is 0 Å². The van der Waals surface area contributed by atoms with Gasteiger partial charge in [-0.25, -0.2) is 17.5 Å². The summed E-state index contributed by atoms with van der Waals surface area (Å²) in [5.74, 6) is 0.263. The third kappa shape index (κ3) is 4.05. The standard InChI is InChI=1S/C16H18FNO3S/c1-12-5-3-4-6-15(12)21-10-9-18-22(19,20)16-8-7-14(17)11-13(16)2/h3-8,11,18H,9-10H2,1-2H3. The number of nitrogens with one attached hydrogen (secondary N) is 1. The van der Waals surface area contributed by atoms with Crippen molar-refractivity contribution in [2.24, 2.45) is 0 Å². The molecule has 0 unspecified atom stereocenters. The number of rotatable bonds is 6. The molecule has 0 fully saturated rings. The first-order chi connectivity index (χ1) is 10.4. The highest BCUT2D eigenvalue weighted by Crippen LogP contribution is 2.17. The smallest absolute Gasteiger partial charge is 0.240 e. The fourth-order valence-electron chi connectivity index (χ4n) is 2.05. The molecule has 0 saturated carbocycles. The van der Waals surface area contributed by atoms with Crippen molar-refractivity contribution in [3.8, 4) is 5.75 Å². The molecule has 2 aromatic rings. The number of hydrogen-bond donors (Lipinski definition) is 1. The van der Waals surface area contributed by atoms with E-state index in [9.17, 15) is 12.8 Å². The molecule has 2 rings (SSSR count). The van der Waals surface area contributed by atoms with Crippen molar-refractivity contribution in [1.29, 1.82) is 0 Å². The lowest BCUT2D eigenvalue weighted by atomic mass is 10.2. The van der Waals surface area contributed by atoms with Gasteiger partial charge in [-0.15, -0.1) is 0 Å². The summed E-state index contributed by atoms with van der Waals surface area (Å²) in [4.78, 5) is 0.0739. The number of para-hydroxylation sites is 1. The van der Waals surface area contributed by atoms with Crippen LogP contribution in [0.15, 0.2) is 47.4 Å². The Hall–Kier alpha value is -1.92. The maximum Gasteiger partial charge on any atom is 0.240 e. The first-order valence-corrected chi connectivity index (χ1v) is 8.33. The van der Waals surface area contributed by atoms with Gasteiger partial charge < -0.3 is 4.74 Å². The normalized spacial score (nSPS) is 11.4. The minimum Gasteiger partial charge on any atom is -0.492 e. The van der Waals surface area contributed by atoms with E-state index < -0.39 is 15.8 Å². The number of hydrogen-bond acceptors (Lipinski definition) is 3. The molecule has 0 radical (unpaired) electrons. The van der Waals surface area contributed by atoms with Crippen LogP contribution in [0.4, 0.5) is 4.39 Å². The minimum atomic E-state index is -3.67. The van der Waals surface area contributed by atoms with Gasteiger partial charge in [0.1, 0.15) is 18.2 Å². The van der Waals surface area contributed by atoms with Crippen molar-refractivity contribution in [3.05, 3.63) is 59.4 Å². The molecule has 1 N–H and O–H groups in total. The lowest BCUT2D eigenvalue weighted by Crippen LogP contribution is -2.28. The maximum atomic E-state index is 13.0. The van der Waals surface area contributed by atoms with Crippen LogP contribution in [0.25, 0.3) is 0 Å². The number of benzene rings is 2. The third-order valence-electron chi connectivity index (χ3n) is 3.17. The number of sulfonamides is 1. The number of halogens is 1. The van der Waals surface area contributed by atoms with Gasteiger partial charge in [-0.3, -0.25) is 0 Å². The topological polar surface area (TPSA) is 55.4 Å². The zero-order chi connectivity index (χ0) is 16.2. The average molecular weight is 323 g/mol. The van der Waals surface area contributed by atoms with Crippen LogP contribution in [0.1, 0.15) is 11.1 Å². The van der Waals surface area contributed by atoms with Crippen LogP contribution in [0.2, 0.25) is 0 Å². The van der Waals surface area contributed by atoms with Crippen molar-refractivity contribution >= 4 is 10.0 Å². The van der Waals surface area contributed by atoms with Crippen LogP contribution < -0.4 is 9.46 Å². The van der Waals surface area contributed by atoms with Crippen molar-refractivity contribution in [2.75, 3.05) is 13.2 Å². The van der Waals surface area contributed by atoms with E-state index in [0.29, 0.717) is 5.56 Å². The Morgan fingerprint density at radius 1 is 1.09 bits per heavy atom. The molecule has 0 bridgehead atoms. The molecule has 2 aromatic carbocycles. The van der Waals surface area contributed by atoms with Crippen molar-refractivity contribution in [2.45, 2.75) is 18.7 Å². The van der Waals surface area contributed by atoms with Crippen LogP contribution in [0.3, 0.4) is 0 Å². The fraction of sp³-hybridized carbons (Fsp3) is 0.250. The van der Waals surface area contributed by atoms with E-state index >= 15 is 0 Å². The largest absolute Gasteiger partial charge is 0.492 e. The lowest BCUT2D eigenvalue weighted by Gasteiger charge is -2.11. The van der Waals surface area contributed by atoms with Crippen LogP contribution in [-0.4, -0.2) is 21.6 Å². The Morgan fingerprint density at radius 2 is 1.82 bits per heavy atom. The molecule has 0 aliphatic heterocycles. The predicted octanol–water partition coefficient (Wildman–Crippen LogP) is 2.80. The summed E-state index contributed by atoms with van der Waals surface area (Å²) in [6.07, 6.45) is 0. The van der Waals surface area contributed by atoms with Gasteiger partial charge in [-0.1, -0.05) is 18.2 Å². The molecule has 4 nitrogen and oxygen atoms in total. The van der Waals surface area contributed by atoms with Gasteiger partial charge in [-0.05, 0) is 49.2 Å². The van der Waals surface area contributed by atoms with Crippen LogP contribution >= 0.6 is 0 Å². The summed E-state index contributed by atoms with van der Waals surface area (Å²) in [7, 11) is -3.67. The highest BCUT2D eigenvalue weighted by molar-refractivity contribution is 7.89. The van der Waals surface area contributed by atoms with Crippen LogP contribution in [-0.2, 0) is 10.0 Å². The molecule has 118 valence electrons. The molecular weight excluding hydrogens is 305 g/mol. The second-order valence-corrected chi connectivity index (χ2v) is 6.66. The van der Waals surface area contributed by atoms with Crippen LogP contribution in [0.5, 0.6) is 5.75 Å². The van der Waals surface area contributed by atoms with Crippen molar-refractivity contribution in [1.82, 2.24) is 4.72 Å². The predicted molar refractivity (Wildman–Crippen MR) is 83.0 cm³/mol. The SMILES string of the molecule is Cc1ccccc1OCCNS(=O)(=O)c1ccc(F)cc1C. The summed E-state index contributed by atoms with van der Waals surface area (Å²) < 4.78 is 45.3. The van der Waals surface area contributed by atoms with Gasteiger partial charge in [0, 0.05) is 6.54 Å². The van der Waals surface area contributed by atoms with Gasteiger partial charge in [0.25, 0.3) is 0 Å². The van der Waals surface area contributed by atoms with E-state index in [1.807, 2.05) is 31.2 Å². The number of ether oxygens (including phenoxy) is 1. The molecule has 22 heavy (non-hydrogen) atoms. The quantitative estimate of drug-likeness (QED) is 0.832. The molecule has 0 atom stereocenters. The van der Waals surface area contributed by atoms with E-state index in [4.69, 9.17) is 4.74 Å².